The second-order valence-electron chi connectivity index (χ2n) is 7.23. The van der Waals surface area contributed by atoms with E-state index in [4.69, 9.17) is 27.9 Å². The lowest BCUT2D eigenvalue weighted by molar-refractivity contribution is -0.113. The van der Waals surface area contributed by atoms with Crippen molar-refractivity contribution in [2.75, 3.05) is 11.1 Å². The molecular weight excluding hydrogens is 467 g/mol. The minimum atomic E-state index is -0.447. The molecule has 0 fully saturated rings. The molecule has 1 aromatic heterocycles. The maximum atomic E-state index is 12.5. The Kier molecular flexibility index (Phi) is 8.23. The lowest BCUT2D eigenvalue weighted by Crippen LogP contribution is -2.16. The van der Waals surface area contributed by atoms with Crippen LogP contribution >= 0.6 is 35.0 Å². The van der Waals surface area contributed by atoms with Gasteiger partial charge in [0.25, 0.3) is 0 Å². The number of carbonyl (C=O) groups excluding carboxylic acids is 1. The summed E-state index contributed by atoms with van der Waals surface area (Å²) >= 11 is 13.6. The molecule has 2 aromatic carbocycles. The van der Waals surface area contributed by atoms with E-state index in [2.05, 4.69) is 22.1 Å². The monoisotopic (exact) mass is 490 g/mol. The molecule has 9 heteroatoms. The third-order valence-corrected chi connectivity index (χ3v) is 6.12. The SMILES string of the molecule is C=CCn1c(SCC(=O)Nc2ccc(C)cc2C)nnc1C(C)Oc1cc(Cl)ccc1Cl. The molecule has 0 bridgehead atoms. The van der Waals surface area contributed by atoms with Crippen molar-refractivity contribution in [1.29, 1.82) is 0 Å². The summed E-state index contributed by atoms with van der Waals surface area (Å²) in [5.74, 6) is 1.13. The first-order chi connectivity index (χ1) is 15.3. The van der Waals surface area contributed by atoms with Crippen LogP contribution in [-0.4, -0.2) is 26.4 Å². The quantitative estimate of drug-likeness (QED) is 0.283. The van der Waals surface area contributed by atoms with Crippen LogP contribution < -0.4 is 10.1 Å². The van der Waals surface area contributed by atoms with Crippen LogP contribution in [0.4, 0.5) is 5.69 Å². The van der Waals surface area contributed by atoms with Gasteiger partial charge in [-0.25, -0.2) is 0 Å². The van der Waals surface area contributed by atoms with E-state index in [1.165, 1.54) is 11.8 Å². The predicted octanol–water partition coefficient (Wildman–Crippen LogP) is 6.26. The molecule has 1 N–H and O–H groups in total. The lowest BCUT2D eigenvalue weighted by Gasteiger charge is -2.16. The number of benzene rings is 2. The number of carbonyl (C=O) groups is 1. The first-order valence-corrected chi connectivity index (χ1v) is 11.7. The molecule has 0 radical (unpaired) electrons. The molecule has 0 aliphatic carbocycles. The van der Waals surface area contributed by atoms with Crippen LogP contribution in [0, 0.1) is 13.8 Å². The van der Waals surface area contributed by atoms with E-state index in [0.717, 1.165) is 16.8 Å². The zero-order valence-electron chi connectivity index (χ0n) is 18.1. The minimum absolute atomic E-state index is 0.119. The standard InChI is InChI=1S/C23H24Cl2N4O2S/c1-5-10-29-22(16(4)31-20-12-17(24)7-8-18(20)25)27-28-23(29)32-13-21(30)26-19-9-6-14(2)11-15(19)3/h5-9,11-12,16H,1,10,13H2,2-4H3,(H,26,30). The van der Waals surface area contributed by atoms with E-state index in [0.29, 0.717) is 33.3 Å². The molecule has 32 heavy (non-hydrogen) atoms. The first-order valence-electron chi connectivity index (χ1n) is 9.94. The molecule has 6 nitrogen and oxygen atoms in total. The number of hydrogen-bond donors (Lipinski definition) is 1. The van der Waals surface area contributed by atoms with Gasteiger partial charge in [0.15, 0.2) is 17.1 Å². The van der Waals surface area contributed by atoms with E-state index in [-0.39, 0.29) is 11.7 Å². The van der Waals surface area contributed by atoms with Gasteiger partial charge in [0.1, 0.15) is 5.75 Å². The summed E-state index contributed by atoms with van der Waals surface area (Å²) in [5.41, 5.74) is 2.97. The molecular formula is C23H24Cl2N4O2S. The predicted molar refractivity (Wildman–Crippen MR) is 131 cm³/mol. The fourth-order valence-corrected chi connectivity index (χ4v) is 4.17. The van der Waals surface area contributed by atoms with Gasteiger partial charge in [-0.15, -0.1) is 16.8 Å². The van der Waals surface area contributed by atoms with E-state index in [9.17, 15) is 4.79 Å². The van der Waals surface area contributed by atoms with Crippen LogP contribution in [0.15, 0.2) is 54.2 Å². The summed E-state index contributed by atoms with van der Waals surface area (Å²) in [5, 5.41) is 13.1. The number of ether oxygens (including phenoxy) is 1. The Morgan fingerprint density at radius 1 is 1.25 bits per heavy atom. The minimum Gasteiger partial charge on any atom is -0.481 e. The molecule has 1 unspecified atom stereocenters. The normalized spacial score (nSPS) is 11.8. The summed E-state index contributed by atoms with van der Waals surface area (Å²) < 4.78 is 7.84. The highest BCUT2D eigenvalue weighted by Crippen LogP contribution is 2.32. The Labute approximate surface area is 202 Å². The van der Waals surface area contributed by atoms with Crippen LogP contribution in [0.5, 0.6) is 5.75 Å². The van der Waals surface area contributed by atoms with Crippen LogP contribution in [0.2, 0.25) is 10.0 Å². The van der Waals surface area contributed by atoms with Crippen LogP contribution in [0.25, 0.3) is 0 Å². The summed E-state index contributed by atoms with van der Waals surface area (Å²) in [7, 11) is 0. The summed E-state index contributed by atoms with van der Waals surface area (Å²) in [6, 6.07) is 10.9. The first kappa shape index (κ1) is 24.2. The maximum Gasteiger partial charge on any atom is 0.234 e. The molecule has 1 amide bonds. The van der Waals surface area contributed by atoms with Crippen molar-refractivity contribution in [3.05, 3.63) is 76.0 Å². The highest BCUT2D eigenvalue weighted by molar-refractivity contribution is 7.99. The molecule has 1 heterocycles. The van der Waals surface area contributed by atoms with Crippen molar-refractivity contribution in [3.63, 3.8) is 0 Å². The number of thioether (sulfide) groups is 1. The van der Waals surface area contributed by atoms with Gasteiger partial charge in [-0.05, 0) is 44.5 Å². The fourth-order valence-electron chi connectivity index (χ4n) is 3.09. The fraction of sp³-hybridized carbons (Fsp3) is 0.261. The van der Waals surface area contributed by atoms with Gasteiger partial charge in [0.2, 0.25) is 5.91 Å². The molecule has 1 atom stereocenters. The summed E-state index contributed by atoms with van der Waals surface area (Å²) in [4.78, 5) is 12.5. The smallest absolute Gasteiger partial charge is 0.234 e. The van der Waals surface area contributed by atoms with Crippen molar-refractivity contribution in [2.45, 2.75) is 38.6 Å². The zero-order chi connectivity index (χ0) is 23.3. The zero-order valence-corrected chi connectivity index (χ0v) is 20.4. The summed E-state index contributed by atoms with van der Waals surface area (Å²) in [6.07, 6.45) is 1.29. The Morgan fingerprint density at radius 2 is 2.03 bits per heavy atom. The van der Waals surface area contributed by atoms with Crippen LogP contribution in [0.1, 0.15) is 30.0 Å². The maximum absolute atomic E-state index is 12.5. The topological polar surface area (TPSA) is 69.0 Å². The van der Waals surface area contributed by atoms with Crippen molar-refractivity contribution in [2.24, 2.45) is 0 Å². The number of halogens is 2. The number of hydrogen-bond acceptors (Lipinski definition) is 5. The molecule has 0 saturated heterocycles. The molecule has 0 aliphatic rings. The van der Waals surface area contributed by atoms with Crippen molar-refractivity contribution < 1.29 is 9.53 Å². The number of aryl methyl sites for hydroxylation is 2. The molecule has 3 aromatic rings. The number of amides is 1. The second kappa shape index (κ2) is 10.9. The largest absolute Gasteiger partial charge is 0.481 e. The van der Waals surface area contributed by atoms with Gasteiger partial charge < -0.3 is 10.1 Å². The molecule has 168 valence electrons. The highest BCUT2D eigenvalue weighted by Gasteiger charge is 2.21. The van der Waals surface area contributed by atoms with Crippen molar-refractivity contribution in [3.8, 4) is 5.75 Å². The summed E-state index contributed by atoms with van der Waals surface area (Å²) in [6.45, 7) is 10.1. The molecule has 0 spiro atoms. The number of nitrogens with one attached hydrogen (secondary N) is 1. The molecule has 3 rings (SSSR count). The van der Waals surface area contributed by atoms with Crippen molar-refractivity contribution >= 4 is 46.6 Å². The van der Waals surface area contributed by atoms with Crippen LogP contribution in [-0.2, 0) is 11.3 Å². The number of nitrogens with zero attached hydrogens (tertiary/aromatic N) is 3. The van der Waals surface area contributed by atoms with E-state index in [1.807, 2.05) is 43.5 Å². The van der Waals surface area contributed by atoms with Gasteiger partial charge in [-0.3, -0.25) is 9.36 Å². The van der Waals surface area contributed by atoms with Gasteiger partial charge >= 0.3 is 0 Å². The highest BCUT2D eigenvalue weighted by atomic mass is 35.5. The Hall–Kier alpha value is -2.48. The number of allylic oxidation sites excluding steroid dienone is 1. The lowest BCUT2D eigenvalue weighted by atomic mass is 10.1. The van der Waals surface area contributed by atoms with E-state index < -0.39 is 6.10 Å². The average Bonchev–Trinajstić information content (AvgIpc) is 3.14. The number of anilines is 1. The Morgan fingerprint density at radius 3 is 2.75 bits per heavy atom. The van der Waals surface area contributed by atoms with Gasteiger partial charge in [0.05, 0.1) is 10.8 Å². The van der Waals surface area contributed by atoms with Crippen molar-refractivity contribution in [1.82, 2.24) is 14.8 Å². The third kappa shape index (κ3) is 6.06. The van der Waals surface area contributed by atoms with Gasteiger partial charge in [-0.2, -0.15) is 0 Å². The number of aromatic nitrogens is 3. The van der Waals surface area contributed by atoms with Crippen LogP contribution in [0.3, 0.4) is 0 Å². The molecule has 0 aliphatic heterocycles. The van der Waals surface area contributed by atoms with E-state index in [1.54, 1.807) is 24.3 Å². The number of rotatable bonds is 9. The van der Waals surface area contributed by atoms with E-state index >= 15 is 0 Å². The third-order valence-electron chi connectivity index (χ3n) is 4.61. The van der Waals surface area contributed by atoms with Gasteiger partial charge in [-0.1, -0.05) is 58.7 Å². The average molecular weight is 491 g/mol. The Bertz CT molecular complexity index is 1130. The second-order valence-corrected chi connectivity index (χ2v) is 9.02. The Balaban J connectivity index is 1.70. The van der Waals surface area contributed by atoms with Gasteiger partial charge in [0, 0.05) is 23.3 Å². The molecule has 0 saturated carbocycles.